The topological polar surface area (TPSA) is 38.1 Å². The monoisotopic (exact) mass is 166 g/mol. The average Bonchev–Trinajstić information content (AvgIpc) is 2.49. The van der Waals surface area contributed by atoms with Crippen molar-refractivity contribution in [3.05, 3.63) is 12.3 Å². The summed E-state index contributed by atoms with van der Waals surface area (Å²) in [6.07, 6.45) is 5.62. The second-order valence-electron chi connectivity index (χ2n) is 3.90. The summed E-state index contributed by atoms with van der Waals surface area (Å²) in [6, 6.07) is 1.85. The van der Waals surface area contributed by atoms with Gasteiger partial charge in [0, 0.05) is 12.6 Å². The number of hydrogen-bond acceptors (Lipinski definition) is 3. The van der Waals surface area contributed by atoms with E-state index in [-0.39, 0.29) is 0 Å². The van der Waals surface area contributed by atoms with Crippen LogP contribution in [-0.2, 0) is 0 Å². The Hall–Kier alpha value is -0.990. The van der Waals surface area contributed by atoms with E-state index in [2.05, 4.69) is 17.4 Å². The first-order chi connectivity index (χ1) is 5.79. The molecule has 0 amide bonds. The van der Waals surface area contributed by atoms with Crippen LogP contribution in [0.3, 0.4) is 0 Å². The van der Waals surface area contributed by atoms with E-state index >= 15 is 0 Å². The van der Waals surface area contributed by atoms with Gasteiger partial charge in [-0.1, -0.05) is 18.5 Å². The number of anilines is 1. The molecule has 0 radical (unpaired) electrons. The van der Waals surface area contributed by atoms with Gasteiger partial charge in [-0.3, -0.25) is 0 Å². The Bertz CT molecular complexity index is 239. The molecule has 3 heteroatoms. The summed E-state index contributed by atoms with van der Waals surface area (Å²) < 4.78 is 4.72. The molecule has 1 saturated carbocycles. The Morgan fingerprint density at radius 1 is 1.67 bits per heavy atom. The Kier molecular flexibility index (Phi) is 1.79. The maximum Gasteiger partial charge on any atom is 0.169 e. The minimum absolute atomic E-state index is 0.499. The van der Waals surface area contributed by atoms with Gasteiger partial charge < -0.3 is 9.84 Å². The number of aromatic nitrogens is 1. The molecular weight excluding hydrogens is 152 g/mol. The van der Waals surface area contributed by atoms with Gasteiger partial charge in [0.1, 0.15) is 6.26 Å². The van der Waals surface area contributed by atoms with Gasteiger partial charge in [-0.2, -0.15) is 0 Å². The Morgan fingerprint density at radius 3 is 3.00 bits per heavy atom. The Morgan fingerprint density at radius 2 is 2.50 bits per heavy atom. The number of rotatable bonds is 3. The molecule has 2 rings (SSSR count). The van der Waals surface area contributed by atoms with Gasteiger partial charge >= 0.3 is 0 Å². The Labute approximate surface area is 72.1 Å². The molecule has 3 nitrogen and oxygen atoms in total. The fourth-order valence-corrected chi connectivity index (χ4v) is 1.56. The van der Waals surface area contributed by atoms with E-state index in [9.17, 15) is 0 Å². The van der Waals surface area contributed by atoms with E-state index in [1.165, 1.54) is 19.3 Å². The third-order valence-electron chi connectivity index (χ3n) is 2.69. The summed E-state index contributed by atoms with van der Waals surface area (Å²) in [5, 5.41) is 7.05. The maximum atomic E-state index is 4.72. The van der Waals surface area contributed by atoms with Crippen molar-refractivity contribution in [1.82, 2.24) is 5.16 Å². The van der Waals surface area contributed by atoms with Crippen LogP contribution in [-0.4, -0.2) is 11.7 Å². The van der Waals surface area contributed by atoms with Crippen LogP contribution >= 0.6 is 0 Å². The molecule has 0 aromatic carbocycles. The van der Waals surface area contributed by atoms with Crippen LogP contribution in [0.1, 0.15) is 26.2 Å². The van der Waals surface area contributed by atoms with E-state index < -0.39 is 0 Å². The number of nitrogens with one attached hydrogen (secondary N) is 1. The molecule has 0 unspecified atom stereocenters. The highest BCUT2D eigenvalue weighted by Crippen LogP contribution is 2.39. The highest BCUT2D eigenvalue weighted by molar-refractivity contribution is 5.31. The van der Waals surface area contributed by atoms with E-state index in [1.807, 2.05) is 6.07 Å². The van der Waals surface area contributed by atoms with Crippen molar-refractivity contribution in [3.8, 4) is 0 Å². The summed E-state index contributed by atoms with van der Waals surface area (Å²) >= 11 is 0. The minimum Gasteiger partial charge on any atom is -0.367 e. The maximum absolute atomic E-state index is 4.72. The first kappa shape index (κ1) is 7.65. The van der Waals surface area contributed by atoms with Crippen LogP contribution in [0.25, 0.3) is 0 Å². The van der Waals surface area contributed by atoms with Crippen molar-refractivity contribution in [2.45, 2.75) is 26.2 Å². The van der Waals surface area contributed by atoms with Crippen molar-refractivity contribution in [3.63, 3.8) is 0 Å². The van der Waals surface area contributed by atoms with Crippen LogP contribution < -0.4 is 5.32 Å². The molecule has 1 aromatic heterocycles. The van der Waals surface area contributed by atoms with Gasteiger partial charge in [0.05, 0.1) is 0 Å². The van der Waals surface area contributed by atoms with Crippen LogP contribution in [0.2, 0.25) is 0 Å². The molecule has 1 aromatic rings. The summed E-state index contributed by atoms with van der Waals surface area (Å²) in [5.74, 6) is 0.850. The minimum atomic E-state index is 0.499. The van der Waals surface area contributed by atoms with Gasteiger partial charge in [0.15, 0.2) is 5.82 Å². The second-order valence-corrected chi connectivity index (χ2v) is 3.90. The molecular formula is C9H14N2O. The zero-order chi connectivity index (χ0) is 8.44. The van der Waals surface area contributed by atoms with Gasteiger partial charge in [0.2, 0.25) is 0 Å². The SMILES string of the molecule is CC1(CNc2ccon2)CCC1. The largest absolute Gasteiger partial charge is 0.367 e. The number of nitrogens with zero attached hydrogens (tertiary/aromatic N) is 1. The lowest BCUT2D eigenvalue weighted by atomic mass is 9.70. The van der Waals surface area contributed by atoms with Crippen molar-refractivity contribution in [1.29, 1.82) is 0 Å². The molecule has 0 atom stereocenters. The van der Waals surface area contributed by atoms with Crippen molar-refractivity contribution in [2.75, 3.05) is 11.9 Å². The molecule has 12 heavy (non-hydrogen) atoms. The van der Waals surface area contributed by atoms with E-state index in [0.717, 1.165) is 12.4 Å². The molecule has 0 aliphatic heterocycles. The zero-order valence-corrected chi connectivity index (χ0v) is 7.34. The highest BCUT2D eigenvalue weighted by atomic mass is 16.5. The zero-order valence-electron chi connectivity index (χ0n) is 7.34. The molecule has 0 bridgehead atoms. The first-order valence-electron chi connectivity index (χ1n) is 4.43. The quantitative estimate of drug-likeness (QED) is 0.748. The van der Waals surface area contributed by atoms with E-state index in [0.29, 0.717) is 5.41 Å². The average molecular weight is 166 g/mol. The predicted octanol–water partition coefficient (Wildman–Crippen LogP) is 2.28. The van der Waals surface area contributed by atoms with Gasteiger partial charge in [-0.25, -0.2) is 0 Å². The van der Waals surface area contributed by atoms with Crippen LogP contribution in [0, 0.1) is 5.41 Å². The molecule has 1 heterocycles. The summed E-state index contributed by atoms with van der Waals surface area (Å²) in [5.41, 5.74) is 0.499. The fraction of sp³-hybridized carbons (Fsp3) is 0.667. The van der Waals surface area contributed by atoms with Gasteiger partial charge in [0.25, 0.3) is 0 Å². The van der Waals surface area contributed by atoms with Gasteiger partial charge in [-0.15, -0.1) is 0 Å². The lowest BCUT2D eigenvalue weighted by molar-refractivity contribution is 0.179. The van der Waals surface area contributed by atoms with Crippen LogP contribution in [0.15, 0.2) is 16.9 Å². The molecule has 0 saturated heterocycles. The fourth-order valence-electron chi connectivity index (χ4n) is 1.56. The Balaban J connectivity index is 1.82. The van der Waals surface area contributed by atoms with Crippen LogP contribution in [0.5, 0.6) is 0 Å². The van der Waals surface area contributed by atoms with E-state index in [4.69, 9.17) is 4.52 Å². The van der Waals surface area contributed by atoms with Crippen molar-refractivity contribution in [2.24, 2.45) is 5.41 Å². The lowest BCUT2D eigenvalue weighted by Gasteiger charge is -2.38. The standard InChI is InChI=1S/C9H14N2O/c1-9(4-2-5-9)7-10-8-3-6-12-11-8/h3,6H,2,4-5,7H2,1H3,(H,10,11). The first-order valence-corrected chi connectivity index (χ1v) is 4.43. The van der Waals surface area contributed by atoms with Crippen LogP contribution in [0.4, 0.5) is 5.82 Å². The molecule has 1 aliphatic carbocycles. The smallest absolute Gasteiger partial charge is 0.169 e. The molecule has 1 N–H and O–H groups in total. The van der Waals surface area contributed by atoms with E-state index in [1.54, 1.807) is 6.26 Å². The third kappa shape index (κ3) is 1.44. The van der Waals surface area contributed by atoms with Gasteiger partial charge in [-0.05, 0) is 18.3 Å². The number of hydrogen-bond donors (Lipinski definition) is 1. The lowest BCUT2D eigenvalue weighted by Crippen LogP contribution is -2.33. The summed E-state index contributed by atoms with van der Waals surface area (Å²) in [4.78, 5) is 0. The molecule has 0 spiro atoms. The summed E-state index contributed by atoms with van der Waals surface area (Å²) in [7, 11) is 0. The molecule has 1 aliphatic rings. The second kappa shape index (κ2) is 2.81. The summed E-state index contributed by atoms with van der Waals surface area (Å²) in [6.45, 7) is 3.32. The normalized spacial score (nSPS) is 20.1. The predicted molar refractivity (Wildman–Crippen MR) is 47.0 cm³/mol. The molecule has 66 valence electrons. The van der Waals surface area contributed by atoms with Crippen molar-refractivity contribution < 1.29 is 4.52 Å². The molecule has 1 fully saturated rings. The third-order valence-corrected chi connectivity index (χ3v) is 2.69. The highest BCUT2D eigenvalue weighted by Gasteiger charge is 2.31. The van der Waals surface area contributed by atoms with Crippen molar-refractivity contribution >= 4 is 5.82 Å².